The van der Waals surface area contributed by atoms with Crippen molar-refractivity contribution >= 4 is 40.9 Å². The minimum atomic E-state index is -0.644. The van der Waals surface area contributed by atoms with Crippen LogP contribution in [0.1, 0.15) is 11.3 Å². The lowest BCUT2D eigenvalue weighted by Gasteiger charge is -2.05. The molecule has 3 rings (SSSR count). The molecule has 28 heavy (non-hydrogen) atoms. The maximum absolute atomic E-state index is 12.4. The summed E-state index contributed by atoms with van der Waals surface area (Å²) < 4.78 is 5.68. The summed E-state index contributed by atoms with van der Waals surface area (Å²) in [6.07, 6.45) is 1.32. The molecule has 0 aliphatic carbocycles. The monoisotopic (exact) mass is 407 g/mol. The Labute approximate surface area is 171 Å². The summed E-state index contributed by atoms with van der Waals surface area (Å²) in [5, 5.41) is 21.9. The number of carbonyl (C=O) groups excluding carboxylic acids is 1. The Hall–Kier alpha value is -3.51. The highest BCUT2D eigenvalue weighted by Gasteiger charge is 2.13. The molecule has 0 spiro atoms. The van der Waals surface area contributed by atoms with Gasteiger partial charge in [-0.3, -0.25) is 4.79 Å². The van der Waals surface area contributed by atoms with Gasteiger partial charge in [0.05, 0.1) is 11.3 Å². The number of rotatable bonds is 4. The van der Waals surface area contributed by atoms with E-state index in [0.29, 0.717) is 38.4 Å². The van der Waals surface area contributed by atoms with E-state index in [0.717, 1.165) is 0 Å². The maximum Gasteiger partial charge on any atom is 0.266 e. The fourth-order valence-electron chi connectivity index (χ4n) is 2.45. The zero-order chi connectivity index (χ0) is 20.1. The van der Waals surface area contributed by atoms with Gasteiger partial charge in [0.1, 0.15) is 29.2 Å². The smallest absolute Gasteiger partial charge is 0.266 e. The number of nitrogens with zero attached hydrogens (tertiary/aromatic N) is 2. The minimum absolute atomic E-state index is 0.169. The van der Waals surface area contributed by atoms with E-state index < -0.39 is 5.91 Å². The number of nitriles is 2. The van der Waals surface area contributed by atoms with Crippen LogP contribution in [0.2, 0.25) is 10.0 Å². The average molecular weight is 408 g/mol. The van der Waals surface area contributed by atoms with Gasteiger partial charge in [0.15, 0.2) is 0 Å². The van der Waals surface area contributed by atoms with E-state index in [-0.39, 0.29) is 5.57 Å². The van der Waals surface area contributed by atoms with Crippen LogP contribution in [0.5, 0.6) is 0 Å². The third-order valence-corrected chi connectivity index (χ3v) is 4.16. The van der Waals surface area contributed by atoms with Crippen LogP contribution in [0.15, 0.2) is 64.6 Å². The molecule has 0 saturated carbocycles. The number of furan rings is 1. The molecule has 0 fully saturated rings. The second kappa shape index (κ2) is 8.45. The molecule has 0 aliphatic heterocycles. The highest BCUT2D eigenvalue weighted by Crippen LogP contribution is 2.29. The van der Waals surface area contributed by atoms with Crippen LogP contribution in [-0.2, 0) is 4.79 Å². The molecular formula is C21H11Cl2N3O2. The van der Waals surface area contributed by atoms with E-state index in [9.17, 15) is 10.1 Å². The molecule has 7 heteroatoms. The lowest BCUT2D eigenvalue weighted by molar-refractivity contribution is -0.112. The van der Waals surface area contributed by atoms with Gasteiger partial charge in [-0.1, -0.05) is 35.3 Å². The molecule has 0 bridgehead atoms. The van der Waals surface area contributed by atoms with E-state index in [1.54, 1.807) is 54.6 Å². The number of hydrogen-bond acceptors (Lipinski definition) is 4. The van der Waals surface area contributed by atoms with E-state index in [4.69, 9.17) is 32.9 Å². The van der Waals surface area contributed by atoms with Crippen molar-refractivity contribution in [1.29, 1.82) is 10.5 Å². The lowest BCUT2D eigenvalue weighted by Crippen LogP contribution is -2.14. The van der Waals surface area contributed by atoms with Gasteiger partial charge in [0.2, 0.25) is 0 Å². The predicted molar refractivity (Wildman–Crippen MR) is 108 cm³/mol. The summed E-state index contributed by atoms with van der Waals surface area (Å²) in [5.74, 6) is 0.156. The topological polar surface area (TPSA) is 89.8 Å². The summed E-state index contributed by atoms with van der Waals surface area (Å²) in [4.78, 5) is 12.4. The first-order valence-corrected chi connectivity index (χ1v) is 8.74. The molecular weight excluding hydrogens is 397 g/mol. The molecule has 1 heterocycles. The van der Waals surface area contributed by atoms with Crippen molar-refractivity contribution in [3.63, 3.8) is 0 Å². The highest BCUT2D eigenvalue weighted by atomic mass is 35.5. The Morgan fingerprint density at radius 2 is 1.75 bits per heavy atom. The number of para-hydroxylation sites is 1. The van der Waals surface area contributed by atoms with Crippen molar-refractivity contribution in [2.45, 2.75) is 0 Å². The number of halogens is 2. The van der Waals surface area contributed by atoms with Gasteiger partial charge < -0.3 is 9.73 Å². The van der Waals surface area contributed by atoms with Crippen LogP contribution in [0, 0.1) is 22.7 Å². The third-order valence-electron chi connectivity index (χ3n) is 3.72. The fraction of sp³-hybridized carbons (Fsp3) is 0. The van der Waals surface area contributed by atoms with Gasteiger partial charge >= 0.3 is 0 Å². The summed E-state index contributed by atoms with van der Waals surface area (Å²) in [6.45, 7) is 0. The lowest BCUT2D eigenvalue weighted by atomic mass is 10.1. The maximum atomic E-state index is 12.4. The number of nitrogens with one attached hydrogen (secondary N) is 1. The molecule has 0 saturated heterocycles. The van der Waals surface area contributed by atoms with Gasteiger partial charge in [-0.25, -0.2) is 0 Å². The number of anilines is 1. The average Bonchev–Trinajstić information content (AvgIpc) is 3.14. The molecule has 136 valence electrons. The van der Waals surface area contributed by atoms with E-state index >= 15 is 0 Å². The first-order chi connectivity index (χ1) is 13.5. The molecule has 3 aromatic rings. The third kappa shape index (κ3) is 4.42. The molecule has 2 aromatic carbocycles. The molecule has 1 aromatic heterocycles. The van der Waals surface area contributed by atoms with Crippen molar-refractivity contribution in [1.82, 2.24) is 0 Å². The fourth-order valence-corrected chi connectivity index (χ4v) is 2.98. The summed E-state index contributed by atoms with van der Waals surface area (Å²) in [7, 11) is 0. The first kappa shape index (κ1) is 19.3. The van der Waals surface area contributed by atoms with Gasteiger partial charge in [-0.15, -0.1) is 0 Å². The van der Waals surface area contributed by atoms with Crippen LogP contribution < -0.4 is 5.32 Å². The largest absolute Gasteiger partial charge is 0.457 e. The second-order valence-corrected chi connectivity index (χ2v) is 6.51. The second-order valence-electron chi connectivity index (χ2n) is 5.64. The SMILES string of the molecule is N#C/C(=C\c1ccc(-c2cc(Cl)cc(Cl)c2)o1)C(=O)Nc1ccccc1C#N. The van der Waals surface area contributed by atoms with Crippen LogP contribution in [-0.4, -0.2) is 5.91 Å². The van der Waals surface area contributed by atoms with E-state index in [2.05, 4.69) is 5.32 Å². The molecule has 0 atom stereocenters. The van der Waals surface area contributed by atoms with Crippen LogP contribution >= 0.6 is 23.2 Å². The molecule has 0 aliphatic rings. The quantitative estimate of drug-likeness (QED) is 0.445. The summed E-state index contributed by atoms with van der Waals surface area (Å²) in [5.41, 5.74) is 1.12. The van der Waals surface area contributed by atoms with E-state index in [1.807, 2.05) is 12.1 Å². The zero-order valence-electron chi connectivity index (χ0n) is 14.2. The van der Waals surface area contributed by atoms with Gasteiger partial charge in [-0.05, 0) is 42.5 Å². The summed E-state index contributed by atoms with van der Waals surface area (Å²) in [6, 6.07) is 18.6. The number of amides is 1. The Balaban J connectivity index is 1.85. The number of benzene rings is 2. The van der Waals surface area contributed by atoms with Crippen molar-refractivity contribution < 1.29 is 9.21 Å². The Morgan fingerprint density at radius 1 is 1.04 bits per heavy atom. The zero-order valence-corrected chi connectivity index (χ0v) is 15.8. The predicted octanol–water partition coefficient (Wildman–Crippen LogP) is 5.67. The minimum Gasteiger partial charge on any atom is -0.457 e. The van der Waals surface area contributed by atoms with Crippen molar-refractivity contribution in [2.75, 3.05) is 5.32 Å². The van der Waals surface area contributed by atoms with Gasteiger partial charge in [-0.2, -0.15) is 10.5 Å². The van der Waals surface area contributed by atoms with Crippen LogP contribution in [0.3, 0.4) is 0 Å². The normalized spacial score (nSPS) is 10.8. The van der Waals surface area contributed by atoms with Crippen molar-refractivity contribution in [3.8, 4) is 23.5 Å². The molecule has 0 unspecified atom stereocenters. The Morgan fingerprint density at radius 3 is 2.43 bits per heavy atom. The Bertz CT molecular complexity index is 1150. The molecule has 0 radical (unpaired) electrons. The molecule has 1 amide bonds. The Kier molecular flexibility index (Phi) is 5.81. The number of hydrogen-bond donors (Lipinski definition) is 1. The molecule has 5 nitrogen and oxygen atoms in total. The first-order valence-electron chi connectivity index (χ1n) is 7.98. The summed E-state index contributed by atoms with van der Waals surface area (Å²) >= 11 is 12.0. The van der Waals surface area contributed by atoms with E-state index in [1.165, 1.54) is 6.08 Å². The van der Waals surface area contributed by atoms with Crippen molar-refractivity contribution in [3.05, 3.63) is 81.5 Å². The van der Waals surface area contributed by atoms with Gasteiger partial charge in [0.25, 0.3) is 5.91 Å². The number of carbonyl (C=O) groups is 1. The highest BCUT2D eigenvalue weighted by molar-refractivity contribution is 6.35. The van der Waals surface area contributed by atoms with Crippen LogP contribution in [0.4, 0.5) is 5.69 Å². The standard InChI is InChI=1S/C21H11Cl2N3O2/c22-16-7-14(8-17(23)10-16)20-6-5-18(28-20)9-15(12-25)21(27)26-19-4-2-1-3-13(19)11-24/h1-10H,(H,26,27)/b15-9+. The van der Waals surface area contributed by atoms with Crippen LogP contribution in [0.25, 0.3) is 17.4 Å². The van der Waals surface area contributed by atoms with Crippen molar-refractivity contribution in [2.24, 2.45) is 0 Å². The molecule has 1 N–H and O–H groups in total. The van der Waals surface area contributed by atoms with Gasteiger partial charge in [0, 0.05) is 21.7 Å².